The Kier molecular flexibility index (Phi) is 5.38. The standard InChI is InChI=1S/C21H22ClN3O3S/c1-29(27,28)20-13-18(22)5-4-17(20)14-24-8-10-25(11-9-24)21(26)16-3-2-15-6-7-23-19(15)12-16/h2-7,12-13,23H,8-11,14H2,1H3. The molecule has 8 heteroatoms. The van der Waals surface area contributed by atoms with Crippen molar-refractivity contribution in [3.05, 3.63) is 64.8 Å². The molecule has 0 spiro atoms. The molecule has 0 radical (unpaired) electrons. The minimum atomic E-state index is -3.36. The second-order valence-electron chi connectivity index (χ2n) is 7.37. The Labute approximate surface area is 175 Å². The fourth-order valence-electron chi connectivity index (χ4n) is 3.72. The van der Waals surface area contributed by atoms with E-state index in [-0.39, 0.29) is 10.8 Å². The van der Waals surface area contributed by atoms with Gasteiger partial charge in [0, 0.05) is 61.3 Å². The summed E-state index contributed by atoms with van der Waals surface area (Å²) in [5.74, 6) is 0.0180. The Morgan fingerprint density at radius 1 is 1.07 bits per heavy atom. The number of H-pyrrole nitrogens is 1. The van der Waals surface area contributed by atoms with Crippen LogP contribution in [0.15, 0.2) is 53.6 Å². The smallest absolute Gasteiger partial charge is 0.254 e. The van der Waals surface area contributed by atoms with Gasteiger partial charge in [0.1, 0.15) is 0 Å². The lowest BCUT2D eigenvalue weighted by Gasteiger charge is -2.35. The number of nitrogens with one attached hydrogen (secondary N) is 1. The number of carbonyl (C=O) groups is 1. The van der Waals surface area contributed by atoms with Gasteiger partial charge in [-0.2, -0.15) is 0 Å². The summed E-state index contributed by atoms with van der Waals surface area (Å²) in [5, 5.41) is 1.49. The van der Waals surface area contributed by atoms with Crippen LogP contribution in [0.1, 0.15) is 15.9 Å². The average molecular weight is 432 g/mol. The van der Waals surface area contributed by atoms with Gasteiger partial charge in [0.2, 0.25) is 0 Å². The molecule has 0 atom stereocenters. The normalized spacial score (nSPS) is 15.7. The first-order valence-electron chi connectivity index (χ1n) is 9.38. The molecule has 6 nitrogen and oxygen atoms in total. The summed E-state index contributed by atoms with van der Waals surface area (Å²) in [7, 11) is -3.36. The van der Waals surface area contributed by atoms with Crippen molar-refractivity contribution in [1.29, 1.82) is 0 Å². The predicted octanol–water partition coefficient (Wildman–Crippen LogP) is 3.18. The van der Waals surface area contributed by atoms with Crippen LogP contribution in [0.3, 0.4) is 0 Å². The van der Waals surface area contributed by atoms with E-state index < -0.39 is 9.84 Å². The molecule has 1 saturated heterocycles. The highest BCUT2D eigenvalue weighted by Crippen LogP contribution is 2.23. The van der Waals surface area contributed by atoms with Crippen molar-refractivity contribution < 1.29 is 13.2 Å². The number of fused-ring (bicyclic) bond motifs is 1. The van der Waals surface area contributed by atoms with Crippen molar-refractivity contribution in [3.8, 4) is 0 Å². The maximum absolute atomic E-state index is 12.9. The van der Waals surface area contributed by atoms with Crippen molar-refractivity contribution in [3.63, 3.8) is 0 Å². The fraction of sp³-hybridized carbons (Fsp3) is 0.286. The quantitative estimate of drug-likeness (QED) is 0.688. The Morgan fingerprint density at radius 2 is 1.83 bits per heavy atom. The molecule has 1 aliphatic heterocycles. The van der Waals surface area contributed by atoms with Crippen LogP contribution in [0.5, 0.6) is 0 Å². The molecular formula is C21H22ClN3O3S. The van der Waals surface area contributed by atoms with Crippen LogP contribution >= 0.6 is 11.6 Å². The number of benzene rings is 2. The van der Waals surface area contributed by atoms with Gasteiger partial charge < -0.3 is 9.88 Å². The van der Waals surface area contributed by atoms with Gasteiger partial charge in [-0.15, -0.1) is 0 Å². The van der Waals surface area contributed by atoms with E-state index in [4.69, 9.17) is 11.6 Å². The third-order valence-electron chi connectivity index (χ3n) is 5.28. The highest BCUT2D eigenvalue weighted by atomic mass is 35.5. The summed E-state index contributed by atoms with van der Waals surface area (Å²) in [6.07, 6.45) is 3.05. The molecule has 0 aliphatic carbocycles. The maximum Gasteiger partial charge on any atom is 0.254 e. The lowest BCUT2D eigenvalue weighted by molar-refractivity contribution is 0.0627. The molecule has 0 unspecified atom stereocenters. The summed E-state index contributed by atoms with van der Waals surface area (Å²) in [5.41, 5.74) is 2.35. The minimum Gasteiger partial charge on any atom is -0.361 e. The number of nitrogens with zero attached hydrogens (tertiary/aromatic N) is 2. The van der Waals surface area contributed by atoms with Gasteiger partial charge in [-0.05, 0) is 41.3 Å². The van der Waals surface area contributed by atoms with E-state index in [1.54, 1.807) is 12.1 Å². The third kappa shape index (κ3) is 4.32. The zero-order valence-electron chi connectivity index (χ0n) is 16.1. The summed E-state index contributed by atoms with van der Waals surface area (Å²) >= 11 is 5.98. The van der Waals surface area contributed by atoms with Crippen LogP contribution in [-0.4, -0.2) is 61.5 Å². The fourth-order valence-corrected chi connectivity index (χ4v) is 4.90. The highest BCUT2D eigenvalue weighted by Gasteiger charge is 2.24. The molecule has 1 aromatic heterocycles. The minimum absolute atomic E-state index is 0.0180. The van der Waals surface area contributed by atoms with E-state index in [2.05, 4.69) is 9.88 Å². The molecule has 4 rings (SSSR count). The van der Waals surface area contributed by atoms with E-state index in [9.17, 15) is 13.2 Å². The van der Waals surface area contributed by atoms with Gasteiger partial charge in [0.15, 0.2) is 9.84 Å². The summed E-state index contributed by atoms with van der Waals surface area (Å²) in [6, 6.07) is 12.6. The molecule has 2 aromatic carbocycles. The van der Waals surface area contributed by atoms with Crippen LogP contribution in [-0.2, 0) is 16.4 Å². The number of aromatic nitrogens is 1. The lowest BCUT2D eigenvalue weighted by atomic mass is 10.1. The number of aromatic amines is 1. The molecular weight excluding hydrogens is 410 g/mol. The number of halogens is 1. The van der Waals surface area contributed by atoms with Crippen molar-refractivity contribution in [2.45, 2.75) is 11.4 Å². The second kappa shape index (κ2) is 7.82. The van der Waals surface area contributed by atoms with Gasteiger partial charge in [-0.25, -0.2) is 8.42 Å². The van der Waals surface area contributed by atoms with E-state index >= 15 is 0 Å². The molecule has 0 saturated carbocycles. The topological polar surface area (TPSA) is 73.5 Å². The average Bonchev–Trinajstić information content (AvgIpc) is 3.16. The molecule has 1 aliphatic rings. The molecule has 0 bridgehead atoms. The van der Waals surface area contributed by atoms with Crippen molar-refractivity contribution >= 4 is 38.2 Å². The van der Waals surface area contributed by atoms with E-state index in [0.29, 0.717) is 43.3 Å². The zero-order valence-corrected chi connectivity index (χ0v) is 17.6. The Bertz CT molecular complexity index is 1160. The SMILES string of the molecule is CS(=O)(=O)c1cc(Cl)ccc1CN1CCN(C(=O)c2ccc3cc[nH]c3c2)CC1. The van der Waals surface area contributed by atoms with Crippen molar-refractivity contribution in [2.75, 3.05) is 32.4 Å². The number of carbonyl (C=O) groups excluding carboxylic acids is 1. The van der Waals surface area contributed by atoms with Gasteiger partial charge in [-0.3, -0.25) is 9.69 Å². The van der Waals surface area contributed by atoms with Crippen molar-refractivity contribution in [2.24, 2.45) is 0 Å². The summed E-state index contributed by atoms with van der Waals surface area (Å²) < 4.78 is 24.2. The van der Waals surface area contributed by atoms with E-state index in [0.717, 1.165) is 16.5 Å². The first-order chi connectivity index (χ1) is 13.8. The summed E-state index contributed by atoms with van der Waals surface area (Å²) in [4.78, 5) is 20.3. The first-order valence-corrected chi connectivity index (χ1v) is 11.7. The van der Waals surface area contributed by atoms with Gasteiger partial charge in [-0.1, -0.05) is 23.7 Å². The maximum atomic E-state index is 12.9. The molecule has 3 aromatic rings. The number of amides is 1. The zero-order chi connectivity index (χ0) is 20.6. The Balaban J connectivity index is 1.43. The Hall–Kier alpha value is -2.35. The largest absolute Gasteiger partial charge is 0.361 e. The predicted molar refractivity (Wildman–Crippen MR) is 114 cm³/mol. The summed E-state index contributed by atoms with van der Waals surface area (Å²) in [6.45, 7) is 3.08. The van der Waals surface area contributed by atoms with E-state index in [1.807, 2.05) is 35.4 Å². The molecule has 1 fully saturated rings. The molecule has 2 heterocycles. The number of piperazine rings is 1. The van der Waals surface area contributed by atoms with Gasteiger partial charge in [0.05, 0.1) is 4.90 Å². The van der Waals surface area contributed by atoms with E-state index in [1.165, 1.54) is 12.3 Å². The number of hydrogen-bond donors (Lipinski definition) is 1. The van der Waals surface area contributed by atoms with Gasteiger partial charge >= 0.3 is 0 Å². The molecule has 152 valence electrons. The van der Waals surface area contributed by atoms with Crippen LogP contribution in [0, 0.1) is 0 Å². The number of hydrogen-bond acceptors (Lipinski definition) is 4. The monoisotopic (exact) mass is 431 g/mol. The highest BCUT2D eigenvalue weighted by molar-refractivity contribution is 7.90. The second-order valence-corrected chi connectivity index (χ2v) is 9.79. The number of sulfone groups is 1. The molecule has 29 heavy (non-hydrogen) atoms. The third-order valence-corrected chi connectivity index (χ3v) is 6.70. The van der Waals surface area contributed by atoms with Crippen LogP contribution in [0.4, 0.5) is 0 Å². The molecule has 1 N–H and O–H groups in total. The van der Waals surface area contributed by atoms with Crippen molar-refractivity contribution in [1.82, 2.24) is 14.8 Å². The van der Waals surface area contributed by atoms with Crippen LogP contribution in [0.2, 0.25) is 5.02 Å². The Morgan fingerprint density at radius 3 is 2.55 bits per heavy atom. The number of rotatable bonds is 4. The molecule has 1 amide bonds. The lowest BCUT2D eigenvalue weighted by Crippen LogP contribution is -2.48. The first kappa shape index (κ1) is 19.9. The van der Waals surface area contributed by atoms with Crippen LogP contribution in [0.25, 0.3) is 10.9 Å². The van der Waals surface area contributed by atoms with Gasteiger partial charge in [0.25, 0.3) is 5.91 Å². The van der Waals surface area contributed by atoms with Crippen LogP contribution < -0.4 is 0 Å².